The molecular formula is C27H33N3O4S. The van der Waals surface area contributed by atoms with Gasteiger partial charge in [0.05, 0.1) is 7.11 Å². The largest absolute Gasteiger partial charge is 0.495 e. The van der Waals surface area contributed by atoms with Crippen LogP contribution in [0.25, 0.3) is 0 Å². The molecule has 1 heterocycles. The minimum atomic E-state index is -3.92. The zero-order valence-corrected chi connectivity index (χ0v) is 21.7. The van der Waals surface area contributed by atoms with E-state index in [0.717, 1.165) is 17.5 Å². The summed E-state index contributed by atoms with van der Waals surface area (Å²) in [5.41, 5.74) is 2.64. The molecule has 0 aliphatic heterocycles. The van der Waals surface area contributed by atoms with E-state index < -0.39 is 15.6 Å². The van der Waals surface area contributed by atoms with E-state index in [4.69, 9.17) is 4.74 Å². The van der Waals surface area contributed by atoms with Crippen LogP contribution in [0.1, 0.15) is 54.7 Å². The number of carbonyl (C=O) groups is 1. The molecule has 0 spiro atoms. The number of sulfonamides is 1. The number of aryl methyl sites for hydroxylation is 1. The fourth-order valence-electron chi connectivity index (χ4n) is 3.67. The number of aromatic nitrogens is 1. The Balaban J connectivity index is 1.99. The van der Waals surface area contributed by atoms with Gasteiger partial charge in [-0.1, -0.05) is 37.3 Å². The summed E-state index contributed by atoms with van der Waals surface area (Å²) < 4.78 is 34.1. The van der Waals surface area contributed by atoms with Crippen molar-refractivity contribution in [2.45, 2.75) is 57.6 Å². The highest BCUT2D eigenvalue weighted by molar-refractivity contribution is 7.89. The summed E-state index contributed by atoms with van der Waals surface area (Å²) in [6.45, 7) is 8.06. The van der Waals surface area contributed by atoms with Gasteiger partial charge in [-0.15, -0.1) is 0 Å². The molecule has 0 aliphatic carbocycles. The van der Waals surface area contributed by atoms with E-state index in [2.05, 4.69) is 28.8 Å². The van der Waals surface area contributed by atoms with Gasteiger partial charge in [0.15, 0.2) is 0 Å². The Bertz CT molecular complexity index is 1250. The topological polar surface area (TPSA) is 88.6 Å². The number of hydrogen-bond donors (Lipinski definition) is 1. The Morgan fingerprint density at radius 2 is 1.66 bits per heavy atom. The zero-order chi connectivity index (χ0) is 25.6. The smallest absolute Gasteiger partial charge is 0.254 e. The number of carbonyl (C=O) groups excluding carboxylic acids is 1. The predicted octanol–water partition coefficient (Wildman–Crippen LogP) is 4.57. The van der Waals surface area contributed by atoms with E-state index >= 15 is 0 Å². The second-order valence-corrected chi connectivity index (χ2v) is 11.1. The average molecular weight is 496 g/mol. The molecule has 0 radical (unpaired) electrons. The summed E-state index contributed by atoms with van der Waals surface area (Å²) in [6.07, 6.45) is 4.34. The average Bonchev–Trinajstić information content (AvgIpc) is 2.82. The normalized spacial score (nSPS) is 11.8. The summed E-state index contributed by atoms with van der Waals surface area (Å²) in [5.74, 6) is -0.115. The highest BCUT2D eigenvalue weighted by Gasteiger charge is 2.27. The molecular weight excluding hydrogens is 462 g/mol. The van der Waals surface area contributed by atoms with Crippen LogP contribution < -0.4 is 9.46 Å². The number of nitrogens with zero attached hydrogens (tertiary/aromatic N) is 2. The quantitative estimate of drug-likeness (QED) is 0.470. The first-order valence-corrected chi connectivity index (χ1v) is 13.0. The predicted molar refractivity (Wildman–Crippen MR) is 137 cm³/mol. The zero-order valence-electron chi connectivity index (χ0n) is 20.9. The molecule has 1 N–H and O–H groups in total. The van der Waals surface area contributed by atoms with Crippen LogP contribution in [-0.4, -0.2) is 36.9 Å². The maximum Gasteiger partial charge on any atom is 0.254 e. The molecule has 0 saturated carbocycles. The second-order valence-electron chi connectivity index (χ2n) is 9.41. The van der Waals surface area contributed by atoms with Gasteiger partial charge in [-0.3, -0.25) is 9.78 Å². The lowest BCUT2D eigenvalue weighted by Crippen LogP contribution is -2.40. The highest BCUT2D eigenvalue weighted by Crippen LogP contribution is 2.27. The lowest BCUT2D eigenvalue weighted by molar-refractivity contribution is 0.0729. The van der Waals surface area contributed by atoms with Crippen molar-refractivity contribution in [3.05, 3.63) is 89.2 Å². The van der Waals surface area contributed by atoms with Crippen molar-refractivity contribution in [2.24, 2.45) is 0 Å². The van der Waals surface area contributed by atoms with Gasteiger partial charge in [0.2, 0.25) is 10.0 Å². The van der Waals surface area contributed by atoms with E-state index in [1.54, 1.807) is 44.1 Å². The number of ether oxygens (including phenoxy) is 1. The summed E-state index contributed by atoms with van der Waals surface area (Å²) in [4.78, 5) is 19.5. The standard InChI is InChI=1S/C27H33N3O4S/c1-6-20-9-11-21(12-10-20)18-30(19-22-8-7-15-28-17-22)26(31)23-13-14-24(34-5)25(16-23)35(32,33)29-27(2,3)4/h7-17,29H,6,18-19H2,1-5H3. The first-order chi connectivity index (χ1) is 16.5. The van der Waals surface area contributed by atoms with Gasteiger partial charge in [0, 0.05) is 36.6 Å². The van der Waals surface area contributed by atoms with E-state index in [0.29, 0.717) is 13.1 Å². The van der Waals surface area contributed by atoms with Crippen LogP contribution in [0.15, 0.2) is 71.9 Å². The van der Waals surface area contributed by atoms with Crippen LogP contribution in [0.2, 0.25) is 0 Å². The minimum Gasteiger partial charge on any atom is -0.495 e. The lowest BCUT2D eigenvalue weighted by Gasteiger charge is -2.24. The fourth-order valence-corrected chi connectivity index (χ4v) is 5.29. The molecule has 1 amide bonds. The lowest BCUT2D eigenvalue weighted by atomic mass is 10.1. The molecule has 0 aliphatic rings. The van der Waals surface area contributed by atoms with Gasteiger partial charge >= 0.3 is 0 Å². The Morgan fingerprint density at radius 1 is 1.00 bits per heavy atom. The molecule has 7 nitrogen and oxygen atoms in total. The van der Waals surface area contributed by atoms with Crippen LogP contribution in [0.3, 0.4) is 0 Å². The number of amides is 1. The molecule has 8 heteroatoms. The van der Waals surface area contributed by atoms with Crippen molar-refractivity contribution < 1.29 is 17.9 Å². The van der Waals surface area contributed by atoms with E-state index in [-0.39, 0.29) is 22.1 Å². The molecule has 1 aromatic heterocycles. The van der Waals surface area contributed by atoms with Gasteiger partial charge < -0.3 is 9.64 Å². The van der Waals surface area contributed by atoms with Gasteiger partial charge in [-0.2, -0.15) is 0 Å². The van der Waals surface area contributed by atoms with Crippen molar-refractivity contribution >= 4 is 15.9 Å². The van der Waals surface area contributed by atoms with Crippen LogP contribution in [0.4, 0.5) is 0 Å². The summed E-state index contributed by atoms with van der Waals surface area (Å²) in [6, 6.07) is 16.4. The third-order valence-electron chi connectivity index (χ3n) is 5.33. The third-order valence-corrected chi connectivity index (χ3v) is 7.11. The summed E-state index contributed by atoms with van der Waals surface area (Å²) in [5, 5.41) is 0. The van der Waals surface area contributed by atoms with Crippen LogP contribution in [0, 0.1) is 0 Å². The van der Waals surface area contributed by atoms with Crippen molar-refractivity contribution in [1.29, 1.82) is 0 Å². The van der Waals surface area contributed by atoms with Crippen LogP contribution in [0.5, 0.6) is 5.75 Å². The van der Waals surface area contributed by atoms with Crippen LogP contribution in [-0.2, 0) is 29.5 Å². The Labute approximate surface area is 208 Å². The molecule has 0 atom stereocenters. The molecule has 35 heavy (non-hydrogen) atoms. The molecule has 3 rings (SSSR count). The minimum absolute atomic E-state index is 0.0746. The monoisotopic (exact) mass is 495 g/mol. The molecule has 0 saturated heterocycles. The molecule has 0 unspecified atom stereocenters. The number of pyridine rings is 1. The number of methoxy groups -OCH3 is 1. The van der Waals surface area contributed by atoms with Gasteiger partial charge in [0.25, 0.3) is 5.91 Å². The highest BCUT2D eigenvalue weighted by atomic mass is 32.2. The van der Waals surface area contributed by atoms with Crippen molar-refractivity contribution in [1.82, 2.24) is 14.6 Å². The Morgan fingerprint density at radius 3 is 2.23 bits per heavy atom. The molecule has 0 fully saturated rings. The molecule has 0 bridgehead atoms. The summed E-state index contributed by atoms with van der Waals surface area (Å²) in [7, 11) is -2.52. The van der Waals surface area contributed by atoms with Gasteiger partial charge in [0.1, 0.15) is 10.6 Å². The third kappa shape index (κ3) is 7.13. The fraction of sp³-hybridized carbons (Fsp3) is 0.333. The van der Waals surface area contributed by atoms with Crippen molar-refractivity contribution in [3.8, 4) is 5.75 Å². The maximum atomic E-state index is 13.7. The SMILES string of the molecule is CCc1ccc(CN(Cc2cccnc2)C(=O)c2ccc(OC)c(S(=O)(=O)NC(C)(C)C)c2)cc1. The number of nitrogens with one attached hydrogen (secondary N) is 1. The number of hydrogen-bond acceptors (Lipinski definition) is 5. The van der Waals surface area contributed by atoms with Gasteiger partial charge in [-0.25, -0.2) is 13.1 Å². The Kier molecular flexibility index (Phi) is 8.30. The number of benzene rings is 2. The van der Waals surface area contributed by atoms with E-state index in [1.807, 2.05) is 24.3 Å². The van der Waals surface area contributed by atoms with Gasteiger partial charge in [-0.05, 0) is 68.1 Å². The summed E-state index contributed by atoms with van der Waals surface area (Å²) >= 11 is 0. The van der Waals surface area contributed by atoms with E-state index in [9.17, 15) is 13.2 Å². The maximum absolute atomic E-state index is 13.7. The molecule has 2 aromatic carbocycles. The van der Waals surface area contributed by atoms with Crippen LogP contribution >= 0.6 is 0 Å². The number of rotatable bonds is 9. The first-order valence-electron chi connectivity index (χ1n) is 11.5. The first kappa shape index (κ1) is 26.4. The molecule has 3 aromatic rings. The second kappa shape index (κ2) is 11.0. The Hall–Kier alpha value is -3.23. The van der Waals surface area contributed by atoms with Crippen molar-refractivity contribution in [3.63, 3.8) is 0 Å². The van der Waals surface area contributed by atoms with E-state index in [1.165, 1.54) is 24.8 Å². The molecule has 186 valence electrons. The van der Waals surface area contributed by atoms with Crippen molar-refractivity contribution in [2.75, 3.05) is 7.11 Å².